The van der Waals surface area contributed by atoms with Gasteiger partial charge in [-0.15, -0.1) is 0 Å². The van der Waals surface area contributed by atoms with Gasteiger partial charge in [-0.1, -0.05) is 36.8 Å². The van der Waals surface area contributed by atoms with Gasteiger partial charge in [0.05, 0.1) is 23.8 Å². The third kappa shape index (κ3) is 5.32. The predicted molar refractivity (Wildman–Crippen MR) is 141 cm³/mol. The number of pyridine rings is 1. The van der Waals surface area contributed by atoms with Crippen LogP contribution in [0.3, 0.4) is 0 Å². The van der Waals surface area contributed by atoms with Crippen LogP contribution in [0.2, 0.25) is 0 Å². The molecule has 1 aliphatic heterocycles. The highest BCUT2D eigenvalue weighted by atomic mass is 16.2. The number of benzene rings is 1. The van der Waals surface area contributed by atoms with Crippen molar-refractivity contribution >= 4 is 29.4 Å². The quantitative estimate of drug-likeness (QED) is 0.478. The average molecular weight is 504 g/mol. The first-order chi connectivity index (χ1) is 17.6. The topological polar surface area (TPSA) is 126 Å². The molecule has 10 heteroatoms. The lowest BCUT2D eigenvalue weighted by molar-refractivity contribution is -0.156. The second kappa shape index (κ2) is 10.4. The summed E-state index contributed by atoms with van der Waals surface area (Å²) in [4.78, 5) is 47.1. The van der Waals surface area contributed by atoms with Crippen molar-refractivity contribution in [3.05, 3.63) is 71.2 Å². The molecule has 4 amide bonds. The Kier molecular flexibility index (Phi) is 7.28. The minimum atomic E-state index is -0.970. The Labute approximate surface area is 216 Å². The maximum atomic E-state index is 13.7. The number of nitrogens with one attached hydrogen (secondary N) is 1. The number of anilines is 2. The highest BCUT2D eigenvalue weighted by Crippen LogP contribution is 2.33. The molecule has 1 unspecified atom stereocenters. The maximum absolute atomic E-state index is 13.7. The standard InChI is InChI=1S/C27H33N7O3/c1-6-22(19-9-7-16(2)8-10-19)31-27(37)34-24(26(36)33(5)20-14-29-32(4)15-20)21(25(34)35)12-18-11-17(3)30-23(28)13-18/h7-11,13-15,21-22,24H,6,12H2,1-5H3,(H2,28,30)(H,31,37)/t21-,22?,24+/m1/s1. The van der Waals surface area contributed by atoms with Gasteiger partial charge in [0.1, 0.15) is 11.9 Å². The Hall–Kier alpha value is -4.21. The van der Waals surface area contributed by atoms with E-state index >= 15 is 0 Å². The summed E-state index contributed by atoms with van der Waals surface area (Å²) in [5, 5.41) is 7.08. The number of aryl methyl sites for hydroxylation is 3. The number of likely N-dealkylation sites (N-methyl/N-ethyl adjacent to an activating group) is 1. The number of β-lactam (4-membered cyclic amide) rings is 1. The van der Waals surface area contributed by atoms with Crippen LogP contribution in [-0.2, 0) is 23.1 Å². The number of carbonyl (C=O) groups excluding carboxylic acids is 3. The smallest absolute Gasteiger partial charge is 0.325 e. The summed E-state index contributed by atoms with van der Waals surface area (Å²) in [6.07, 6.45) is 4.16. The first-order valence-corrected chi connectivity index (χ1v) is 12.3. The van der Waals surface area contributed by atoms with Crippen LogP contribution in [-0.4, -0.2) is 50.6 Å². The highest BCUT2D eigenvalue weighted by molar-refractivity contribution is 6.12. The summed E-state index contributed by atoms with van der Waals surface area (Å²) in [5.41, 5.74) is 10.0. The number of nitrogen functional groups attached to an aromatic ring is 1. The van der Waals surface area contributed by atoms with Gasteiger partial charge in [0, 0.05) is 26.0 Å². The van der Waals surface area contributed by atoms with Crippen molar-refractivity contribution in [2.75, 3.05) is 17.7 Å². The molecule has 0 spiro atoms. The van der Waals surface area contributed by atoms with Crippen LogP contribution in [0, 0.1) is 19.8 Å². The summed E-state index contributed by atoms with van der Waals surface area (Å²) in [7, 11) is 3.37. The Balaban J connectivity index is 1.60. The Morgan fingerprint density at radius 1 is 1.19 bits per heavy atom. The number of nitrogens with two attached hydrogens (primary N) is 1. The average Bonchev–Trinajstić information content (AvgIpc) is 3.29. The van der Waals surface area contributed by atoms with Gasteiger partial charge in [0.25, 0.3) is 5.91 Å². The number of hydrogen-bond acceptors (Lipinski definition) is 6. The van der Waals surface area contributed by atoms with Crippen LogP contribution in [0.15, 0.2) is 48.8 Å². The Bertz CT molecular complexity index is 1300. The van der Waals surface area contributed by atoms with Crippen molar-refractivity contribution in [1.29, 1.82) is 0 Å². The van der Waals surface area contributed by atoms with E-state index in [1.54, 1.807) is 37.2 Å². The van der Waals surface area contributed by atoms with Gasteiger partial charge < -0.3 is 16.0 Å². The first-order valence-electron chi connectivity index (χ1n) is 12.3. The monoisotopic (exact) mass is 503 g/mol. The number of likely N-dealkylation sites (tertiary alicyclic amines) is 1. The van der Waals surface area contributed by atoms with Crippen LogP contribution in [0.25, 0.3) is 0 Å². The summed E-state index contributed by atoms with van der Waals surface area (Å²) < 4.78 is 1.59. The van der Waals surface area contributed by atoms with E-state index in [9.17, 15) is 14.4 Å². The summed E-state index contributed by atoms with van der Waals surface area (Å²) >= 11 is 0. The van der Waals surface area contributed by atoms with Gasteiger partial charge in [0.2, 0.25) is 5.91 Å². The van der Waals surface area contributed by atoms with Crippen molar-refractivity contribution in [3.63, 3.8) is 0 Å². The highest BCUT2D eigenvalue weighted by Gasteiger charge is 2.55. The van der Waals surface area contributed by atoms with Gasteiger partial charge in [-0.3, -0.25) is 19.2 Å². The maximum Gasteiger partial charge on any atom is 0.325 e. The van der Waals surface area contributed by atoms with Crippen molar-refractivity contribution < 1.29 is 14.4 Å². The van der Waals surface area contributed by atoms with Crippen molar-refractivity contribution in [3.8, 4) is 0 Å². The molecule has 1 aromatic carbocycles. The first kappa shape index (κ1) is 25.9. The summed E-state index contributed by atoms with van der Waals surface area (Å²) in [6.45, 7) is 5.77. The molecule has 4 rings (SSSR count). The number of urea groups is 1. The second-order valence-electron chi connectivity index (χ2n) is 9.60. The zero-order valence-corrected chi connectivity index (χ0v) is 21.8. The number of nitrogens with zero attached hydrogens (tertiary/aromatic N) is 5. The van der Waals surface area contributed by atoms with Crippen LogP contribution >= 0.6 is 0 Å². The third-order valence-corrected chi connectivity index (χ3v) is 6.77. The molecule has 1 fully saturated rings. The van der Waals surface area contributed by atoms with E-state index < -0.39 is 23.9 Å². The second-order valence-corrected chi connectivity index (χ2v) is 9.60. The largest absolute Gasteiger partial charge is 0.384 e. The molecule has 10 nitrogen and oxygen atoms in total. The molecule has 0 aliphatic carbocycles. The Morgan fingerprint density at radius 3 is 2.49 bits per heavy atom. The normalized spacial score (nSPS) is 17.8. The van der Waals surface area contributed by atoms with Gasteiger partial charge in [-0.25, -0.2) is 9.78 Å². The molecular formula is C27H33N7O3. The summed E-state index contributed by atoms with van der Waals surface area (Å²) in [5.74, 6) is -1.13. The van der Waals surface area contributed by atoms with Crippen molar-refractivity contribution in [1.82, 2.24) is 25.0 Å². The van der Waals surface area contributed by atoms with Crippen LogP contribution in [0.5, 0.6) is 0 Å². The zero-order chi connectivity index (χ0) is 26.9. The number of hydrogen-bond donors (Lipinski definition) is 2. The van der Waals surface area contributed by atoms with Crippen molar-refractivity contribution in [2.24, 2.45) is 13.0 Å². The number of carbonyl (C=O) groups is 3. The molecule has 3 heterocycles. The van der Waals surface area contributed by atoms with E-state index in [0.717, 1.165) is 27.3 Å². The Morgan fingerprint density at radius 2 is 1.89 bits per heavy atom. The molecule has 3 atom stereocenters. The van der Waals surface area contributed by atoms with E-state index in [1.807, 2.05) is 51.1 Å². The van der Waals surface area contributed by atoms with Crippen LogP contribution in [0.4, 0.5) is 16.3 Å². The molecule has 37 heavy (non-hydrogen) atoms. The molecule has 1 saturated heterocycles. The fraction of sp³-hybridized carbons (Fsp3) is 0.370. The molecule has 3 N–H and O–H groups in total. The van der Waals surface area contributed by atoms with E-state index in [0.29, 0.717) is 17.9 Å². The molecule has 0 bridgehead atoms. The SMILES string of the molecule is CCC(NC(=O)N1C(=O)[C@H](Cc2cc(C)nc(N)c2)[C@H]1C(=O)N(C)c1cnn(C)c1)c1ccc(C)cc1. The summed E-state index contributed by atoms with van der Waals surface area (Å²) in [6, 6.07) is 9.55. The van der Waals surface area contributed by atoms with E-state index in [2.05, 4.69) is 15.4 Å². The zero-order valence-electron chi connectivity index (χ0n) is 21.8. The molecular weight excluding hydrogens is 470 g/mol. The van der Waals surface area contributed by atoms with Crippen LogP contribution < -0.4 is 16.0 Å². The van der Waals surface area contributed by atoms with Crippen molar-refractivity contribution in [2.45, 2.75) is 45.7 Å². The number of aromatic nitrogens is 3. The lowest BCUT2D eigenvalue weighted by Gasteiger charge is -2.46. The lowest BCUT2D eigenvalue weighted by atomic mass is 9.81. The van der Waals surface area contributed by atoms with E-state index in [-0.39, 0.29) is 18.4 Å². The molecule has 1 aliphatic rings. The molecule has 0 radical (unpaired) electrons. The molecule has 194 valence electrons. The fourth-order valence-electron chi connectivity index (χ4n) is 4.74. The fourth-order valence-corrected chi connectivity index (χ4v) is 4.74. The number of imide groups is 1. The minimum Gasteiger partial charge on any atom is -0.384 e. The van der Waals surface area contributed by atoms with E-state index in [1.165, 1.54) is 4.90 Å². The predicted octanol–water partition coefficient (Wildman–Crippen LogP) is 2.91. The number of rotatable bonds is 7. The van der Waals surface area contributed by atoms with E-state index in [4.69, 9.17) is 5.73 Å². The van der Waals surface area contributed by atoms with Gasteiger partial charge in [-0.05, 0) is 49.9 Å². The lowest BCUT2D eigenvalue weighted by Crippen LogP contribution is -2.70. The third-order valence-electron chi connectivity index (χ3n) is 6.77. The van der Waals surface area contributed by atoms with Crippen LogP contribution in [0.1, 0.15) is 41.8 Å². The number of amides is 4. The van der Waals surface area contributed by atoms with Gasteiger partial charge >= 0.3 is 6.03 Å². The molecule has 0 saturated carbocycles. The molecule has 2 aromatic heterocycles. The van der Waals surface area contributed by atoms with Gasteiger partial charge in [-0.2, -0.15) is 5.10 Å². The van der Waals surface area contributed by atoms with Gasteiger partial charge in [0.15, 0.2) is 0 Å². The minimum absolute atomic E-state index is 0.266. The molecule has 3 aromatic rings.